The molecule has 1 saturated heterocycles. The van der Waals surface area contributed by atoms with Crippen molar-refractivity contribution in [2.24, 2.45) is 11.7 Å². The first-order valence-corrected chi connectivity index (χ1v) is 8.01. The summed E-state index contributed by atoms with van der Waals surface area (Å²) in [4.78, 5) is 8.02. The van der Waals surface area contributed by atoms with Gasteiger partial charge in [-0.15, -0.1) is 0 Å². The molecule has 1 fully saturated rings. The molecule has 0 unspecified atom stereocenters. The zero-order valence-corrected chi connectivity index (χ0v) is 11.9. The summed E-state index contributed by atoms with van der Waals surface area (Å²) in [6, 6.07) is 0. The number of hydrogen-bond donors (Lipinski definition) is 1. The van der Waals surface area contributed by atoms with E-state index < -0.39 is 15.3 Å². The summed E-state index contributed by atoms with van der Waals surface area (Å²) in [5.41, 5.74) is 6.14. The van der Waals surface area contributed by atoms with Crippen molar-refractivity contribution in [2.45, 2.75) is 25.0 Å². The summed E-state index contributed by atoms with van der Waals surface area (Å²) in [6.45, 7) is 3.28. The Labute approximate surface area is 114 Å². The van der Waals surface area contributed by atoms with Crippen LogP contribution in [0.3, 0.4) is 0 Å². The van der Waals surface area contributed by atoms with Crippen LogP contribution in [0.15, 0.2) is 18.6 Å². The van der Waals surface area contributed by atoms with Crippen molar-refractivity contribution in [3.8, 4) is 0 Å². The van der Waals surface area contributed by atoms with Gasteiger partial charge in [-0.1, -0.05) is 0 Å². The first-order chi connectivity index (χ1) is 9.05. The summed E-state index contributed by atoms with van der Waals surface area (Å²) in [5.74, 6) is 0.262. The van der Waals surface area contributed by atoms with Crippen LogP contribution in [-0.2, 0) is 10.0 Å². The molecule has 0 spiro atoms. The van der Waals surface area contributed by atoms with Gasteiger partial charge in [-0.25, -0.2) is 12.7 Å². The third kappa shape index (κ3) is 3.10. The van der Waals surface area contributed by atoms with Gasteiger partial charge < -0.3 is 5.73 Å². The van der Waals surface area contributed by atoms with E-state index in [2.05, 4.69) is 9.97 Å². The van der Waals surface area contributed by atoms with Crippen LogP contribution < -0.4 is 5.73 Å². The van der Waals surface area contributed by atoms with Crippen molar-refractivity contribution in [1.82, 2.24) is 14.3 Å². The minimum absolute atomic E-state index is 0.262. The van der Waals surface area contributed by atoms with Gasteiger partial charge in [0.05, 0.1) is 5.69 Å². The highest BCUT2D eigenvalue weighted by Crippen LogP contribution is 2.27. The average Bonchev–Trinajstić information content (AvgIpc) is 2.47. The predicted octanol–water partition coefficient (Wildman–Crippen LogP) is 0.538. The molecule has 19 heavy (non-hydrogen) atoms. The Morgan fingerprint density at radius 3 is 2.95 bits per heavy atom. The fraction of sp³-hybridized carbons (Fsp3) is 0.667. The largest absolute Gasteiger partial charge is 0.330 e. The summed E-state index contributed by atoms with van der Waals surface area (Å²) in [6.07, 6.45) is 6.43. The molecule has 1 aromatic rings. The highest BCUT2D eigenvalue weighted by molar-refractivity contribution is 7.89. The molecule has 7 heteroatoms. The molecule has 0 aromatic carbocycles. The van der Waals surface area contributed by atoms with E-state index in [0.717, 1.165) is 12.8 Å². The molecule has 0 bridgehead atoms. The van der Waals surface area contributed by atoms with Gasteiger partial charge in [0, 0.05) is 31.7 Å². The lowest BCUT2D eigenvalue weighted by Gasteiger charge is -2.32. The van der Waals surface area contributed by atoms with Crippen molar-refractivity contribution >= 4 is 10.0 Å². The second-order valence-electron chi connectivity index (χ2n) is 4.92. The van der Waals surface area contributed by atoms with Crippen molar-refractivity contribution in [3.63, 3.8) is 0 Å². The molecule has 1 aliphatic heterocycles. The fourth-order valence-corrected chi connectivity index (χ4v) is 4.02. The van der Waals surface area contributed by atoms with Crippen molar-refractivity contribution in [1.29, 1.82) is 0 Å². The highest BCUT2D eigenvalue weighted by atomic mass is 32.2. The van der Waals surface area contributed by atoms with Crippen molar-refractivity contribution < 1.29 is 8.42 Å². The normalized spacial score (nSPS) is 23.2. The zero-order chi connectivity index (χ0) is 13.9. The van der Waals surface area contributed by atoms with Gasteiger partial charge in [-0.2, -0.15) is 0 Å². The van der Waals surface area contributed by atoms with Gasteiger partial charge in [0.2, 0.25) is 10.0 Å². The van der Waals surface area contributed by atoms with Gasteiger partial charge in [0.1, 0.15) is 5.25 Å². The Morgan fingerprint density at radius 2 is 2.32 bits per heavy atom. The molecular weight excluding hydrogens is 264 g/mol. The fourth-order valence-electron chi connectivity index (χ4n) is 2.35. The van der Waals surface area contributed by atoms with Crippen molar-refractivity contribution in [2.75, 3.05) is 19.6 Å². The van der Waals surface area contributed by atoms with Gasteiger partial charge in [0.25, 0.3) is 0 Å². The van der Waals surface area contributed by atoms with E-state index in [1.54, 1.807) is 11.2 Å². The molecule has 2 heterocycles. The van der Waals surface area contributed by atoms with E-state index in [1.807, 2.05) is 0 Å². The molecule has 0 amide bonds. The average molecular weight is 284 g/mol. The van der Waals surface area contributed by atoms with E-state index in [0.29, 0.717) is 25.3 Å². The Hall–Kier alpha value is -1.05. The molecule has 2 N–H and O–H groups in total. The molecule has 106 valence electrons. The number of aromatic nitrogens is 2. The van der Waals surface area contributed by atoms with Crippen LogP contribution in [0.25, 0.3) is 0 Å². The third-order valence-electron chi connectivity index (χ3n) is 3.62. The summed E-state index contributed by atoms with van der Waals surface area (Å²) in [7, 11) is -3.38. The maximum absolute atomic E-state index is 12.6. The standard InChI is InChI=1S/C12H20N4O2S/c1-10(12-8-14-4-5-15-12)19(17,18)16-6-2-3-11(7-13)9-16/h4-5,8,10-11H,2-3,6-7,9,13H2,1H3/t10-,11+/m0/s1. The van der Waals surface area contributed by atoms with E-state index in [9.17, 15) is 8.42 Å². The monoisotopic (exact) mass is 284 g/mol. The smallest absolute Gasteiger partial charge is 0.222 e. The molecular formula is C12H20N4O2S. The topological polar surface area (TPSA) is 89.2 Å². The number of hydrogen-bond acceptors (Lipinski definition) is 5. The molecule has 6 nitrogen and oxygen atoms in total. The molecule has 1 aromatic heterocycles. The predicted molar refractivity (Wildman–Crippen MR) is 72.7 cm³/mol. The van der Waals surface area contributed by atoms with Gasteiger partial charge >= 0.3 is 0 Å². The van der Waals surface area contributed by atoms with E-state index in [4.69, 9.17) is 5.73 Å². The zero-order valence-electron chi connectivity index (χ0n) is 11.1. The van der Waals surface area contributed by atoms with E-state index in [-0.39, 0.29) is 5.92 Å². The van der Waals surface area contributed by atoms with Gasteiger partial charge in [-0.05, 0) is 32.2 Å². The number of nitrogens with two attached hydrogens (primary N) is 1. The molecule has 0 radical (unpaired) electrons. The summed E-state index contributed by atoms with van der Waals surface area (Å²) >= 11 is 0. The van der Waals surface area contributed by atoms with E-state index in [1.165, 1.54) is 18.6 Å². The van der Waals surface area contributed by atoms with E-state index >= 15 is 0 Å². The first-order valence-electron chi connectivity index (χ1n) is 6.50. The van der Waals surface area contributed by atoms with Crippen LogP contribution in [0.5, 0.6) is 0 Å². The maximum atomic E-state index is 12.6. The quantitative estimate of drug-likeness (QED) is 0.871. The van der Waals surface area contributed by atoms with Crippen LogP contribution in [0.1, 0.15) is 30.7 Å². The highest BCUT2D eigenvalue weighted by Gasteiger charge is 2.34. The Bertz CT molecular complexity index is 506. The van der Waals surface area contributed by atoms with Crippen LogP contribution in [-0.4, -0.2) is 42.3 Å². The number of nitrogens with zero attached hydrogens (tertiary/aromatic N) is 3. The van der Waals surface area contributed by atoms with Crippen LogP contribution >= 0.6 is 0 Å². The molecule has 2 rings (SSSR count). The van der Waals surface area contributed by atoms with Gasteiger partial charge in [-0.3, -0.25) is 9.97 Å². The Balaban J connectivity index is 2.18. The third-order valence-corrected chi connectivity index (χ3v) is 5.81. The van der Waals surface area contributed by atoms with Crippen LogP contribution in [0.2, 0.25) is 0 Å². The SMILES string of the molecule is C[C@@H](c1cnccn1)S(=O)(=O)N1CCC[C@H](CN)C1. The number of piperidine rings is 1. The molecule has 0 aliphatic carbocycles. The Morgan fingerprint density at radius 1 is 1.53 bits per heavy atom. The maximum Gasteiger partial charge on any atom is 0.222 e. The Kier molecular flexibility index (Phi) is 4.49. The first kappa shape index (κ1) is 14.4. The minimum Gasteiger partial charge on any atom is -0.330 e. The lowest BCUT2D eigenvalue weighted by Crippen LogP contribution is -2.43. The summed E-state index contributed by atoms with van der Waals surface area (Å²) < 4.78 is 26.7. The molecule has 2 atom stereocenters. The number of rotatable bonds is 4. The van der Waals surface area contributed by atoms with Gasteiger partial charge in [0.15, 0.2) is 0 Å². The second kappa shape index (κ2) is 5.94. The molecule has 1 aliphatic rings. The number of sulfonamides is 1. The summed E-state index contributed by atoms with van der Waals surface area (Å²) in [5, 5.41) is -0.669. The molecule has 0 saturated carbocycles. The second-order valence-corrected chi connectivity index (χ2v) is 7.17. The minimum atomic E-state index is -3.38. The lowest BCUT2D eigenvalue weighted by molar-refractivity contribution is 0.269. The van der Waals surface area contributed by atoms with Crippen LogP contribution in [0, 0.1) is 5.92 Å². The lowest BCUT2D eigenvalue weighted by atomic mass is 10.0. The van der Waals surface area contributed by atoms with Crippen molar-refractivity contribution in [3.05, 3.63) is 24.3 Å². The van der Waals surface area contributed by atoms with Crippen LogP contribution in [0.4, 0.5) is 0 Å².